The molecule has 1 saturated heterocycles. The van der Waals surface area contributed by atoms with Gasteiger partial charge >= 0.3 is 0 Å². The molecule has 0 saturated carbocycles. The lowest BCUT2D eigenvalue weighted by Crippen LogP contribution is -2.48. The molecular formula is C13H17NO2. The summed E-state index contributed by atoms with van der Waals surface area (Å²) in [5.41, 5.74) is 2.71. The van der Waals surface area contributed by atoms with Crippen LogP contribution in [-0.2, 0) is 17.6 Å². The average molecular weight is 219 g/mol. The van der Waals surface area contributed by atoms with E-state index in [1.165, 1.54) is 11.1 Å². The Morgan fingerprint density at radius 3 is 3.12 bits per heavy atom. The van der Waals surface area contributed by atoms with Crippen LogP contribution in [0.3, 0.4) is 0 Å². The molecule has 0 atom stereocenters. The Labute approximate surface area is 95.8 Å². The van der Waals surface area contributed by atoms with Gasteiger partial charge < -0.3 is 14.8 Å². The van der Waals surface area contributed by atoms with Gasteiger partial charge in [0.15, 0.2) is 0 Å². The molecule has 1 N–H and O–H groups in total. The smallest absolute Gasteiger partial charge is 0.122 e. The van der Waals surface area contributed by atoms with Gasteiger partial charge in [0, 0.05) is 19.5 Å². The molecule has 0 amide bonds. The fraction of sp³-hybridized carbons (Fsp3) is 0.538. The van der Waals surface area contributed by atoms with Gasteiger partial charge in [-0.1, -0.05) is 12.1 Å². The molecule has 1 aromatic rings. The molecular weight excluding hydrogens is 202 g/mol. The summed E-state index contributed by atoms with van der Waals surface area (Å²) < 4.78 is 11.2. The molecule has 0 aromatic heterocycles. The van der Waals surface area contributed by atoms with Crippen LogP contribution >= 0.6 is 0 Å². The van der Waals surface area contributed by atoms with E-state index in [0.29, 0.717) is 6.10 Å². The minimum absolute atomic E-state index is 0.442. The molecule has 0 spiro atoms. The van der Waals surface area contributed by atoms with Gasteiger partial charge in [0.1, 0.15) is 5.75 Å². The van der Waals surface area contributed by atoms with Crippen LogP contribution in [0.15, 0.2) is 18.2 Å². The van der Waals surface area contributed by atoms with Crippen molar-refractivity contribution in [2.45, 2.75) is 18.9 Å². The zero-order valence-corrected chi connectivity index (χ0v) is 9.37. The lowest BCUT2D eigenvalue weighted by atomic mass is 10.1. The zero-order chi connectivity index (χ0) is 10.8. The molecule has 2 aliphatic rings. The van der Waals surface area contributed by atoms with Crippen molar-refractivity contribution in [1.29, 1.82) is 0 Å². The molecule has 16 heavy (non-hydrogen) atoms. The highest BCUT2D eigenvalue weighted by Crippen LogP contribution is 2.25. The summed E-state index contributed by atoms with van der Waals surface area (Å²) in [6.45, 7) is 3.69. The Morgan fingerprint density at radius 2 is 2.31 bits per heavy atom. The van der Waals surface area contributed by atoms with Crippen LogP contribution in [-0.4, -0.2) is 32.4 Å². The Hall–Kier alpha value is -1.06. The molecule has 2 aliphatic heterocycles. The fourth-order valence-corrected chi connectivity index (χ4v) is 2.12. The molecule has 0 bridgehead atoms. The monoisotopic (exact) mass is 219 g/mol. The van der Waals surface area contributed by atoms with Gasteiger partial charge in [-0.2, -0.15) is 0 Å². The van der Waals surface area contributed by atoms with E-state index in [9.17, 15) is 0 Å². The third kappa shape index (κ3) is 2.06. The van der Waals surface area contributed by atoms with Gasteiger partial charge in [-0.25, -0.2) is 0 Å². The average Bonchev–Trinajstić information content (AvgIpc) is 2.68. The van der Waals surface area contributed by atoms with E-state index >= 15 is 0 Å². The molecule has 3 nitrogen and oxygen atoms in total. The quantitative estimate of drug-likeness (QED) is 0.824. The van der Waals surface area contributed by atoms with E-state index in [2.05, 4.69) is 23.5 Å². The highest BCUT2D eigenvalue weighted by Gasteiger charge is 2.16. The van der Waals surface area contributed by atoms with Crippen molar-refractivity contribution in [3.63, 3.8) is 0 Å². The normalized spacial score (nSPS) is 19.0. The van der Waals surface area contributed by atoms with Crippen LogP contribution in [0.1, 0.15) is 11.1 Å². The van der Waals surface area contributed by atoms with Gasteiger partial charge in [0.2, 0.25) is 0 Å². The van der Waals surface area contributed by atoms with Crippen molar-refractivity contribution in [2.75, 3.05) is 26.3 Å². The second-order valence-corrected chi connectivity index (χ2v) is 4.44. The van der Waals surface area contributed by atoms with Crippen molar-refractivity contribution >= 4 is 0 Å². The van der Waals surface area contributed by atoms with Crippen LogP contribution in [0.2, 0.25) is 0 Å². The van der Waals surface area contributed by atoms with Crippen LogP contribution in [0.5, 0.6) is 5.75 Å². The molecule has 2 heterocycles. The van der Waals surface area contributed by atoms with Crippen LogP contribution in [0, 0.1) is 0 Å². The number of benzene rings is 1. The van der Waals surface area contributed by atoms with Crippen LogP contribution in [0.25, 0.3) is 0 Å². The highest BCUT2D eigenvalue weighted by molar-refractivity contribution is 5.39. The van der Waals surface area contributed by atoms with Crippen molar-refractivity contribution in [3.05, 3.63) is 29.3 Å². The number of hydrogen-bond acceptors (Lipinski definition) is 3. The third-order valence-electron chi connectivity index (χ3n) is 3.24. The van der Waals surface area contributed by atoms with Gasteiger partial charge in [-0.3, -0.25) is 0 Å². The standard InChI is InChI=1S/C13H17NO2/c1-2-13-11(4-6-16-13)7-10(1)3-5-15-12-8-14-9-12/h1-2,7,12,14H,3-6,8-9H2. The Balaban J connectivity index is 1.53. The minimum Gasteiger partial charge on any atom is -0.493 e. The van der Waals surface area contributed by atoms with Crippen LogP contribution in [0.4, 0.5) is 0 Å². The van der Waals surface area contributed by atoms with E-state index in [1.807, 2.05) is 0 Å². The van der Waals surface area contributed by atoms with Gasteiger partial charge in [0.25, 0.3) is 0 Å². The van der Waals surface area contributed by atoms with E-state index in [0.717, 1.165) is 44.9 Å². The van der Waals surface area contributed by atoms with Crippen molar-refractivity contribution in [2.24, 2.45) is 0 Å². The molecule has 0 radical (unpaired) electrons. The summed E-state index contributed by atoms with van der Waals surface area (Å²) in [5.74, 6) is 1.06. The lowest BCUT2D eigenvalue weighted by Gasteiger charge is -2.27. The minimum atomic E-state index is 0.442. The molecule has 1 aromatic carbocycles. The maximum Gasteiger partial charge on any atom is 0.122 e. The zero-order valence-electron chi connectivity index (χ0n) is 9.37. The second-order valence-electron chi connectivity index (χ2n) is 4.44. The molecule has 0 aliphatic carbocycles. The van der Waals surface area contributed by atoms with Crippen molar-refractivity contribution < 1.29 is 9.47 Å². The Kier molecular flexibility index (Phi) is 2.80. The highest BCUT2D eigenvalue weighted by atomic mass is 16.5. The third-order valence-corrected chi connectivity index (χ3v) is 3.24. The molecule has 1 fully saturated rings. The number of hydrogen-bond donors (Lipinski definition) is 1. The van der Waals surface area contributed by atoms with Gasteiger partial charge in [0.05, 0.1) is 19.3 Å². The first kappa shape index (κ1) is 10.1. The second kappa shape index (κ2) is 4.44. The SMILES string of the molecule is c1cc2c(cc1CCOC1CNC1)CCO2. The molecule has 0 unspecified atom stereocenters. The molecule has 3 rings (SSSR count). The summed E-state index contributed by atoms with van der Waals surface area (Å²) >= 11 is 0. The van der Waals surface area contributed by atoms with Gasteiger partial charge in [-0.05, 0) is 23.6 Å². The first-order valence-electron chi connectivity index (χ1n) is 5.99. The predicted octanol–water partition coefficient (Wildman–Crippen LogP) is 1.15. The van der Waals surface area contributed by atoms with E-state index in [4.69, 9.17) is 9.47 Å². The van der Waals surface area contributed by atoms with Gasteiger partial charge in [-0.15, -0.1) is 0 Å². The summed E-state index contributed by atoms with van der Waals surface area (Å²) in [6.07, 6.45) is 2.50. The van der Waals surface area contributed by atoms with Crippen LogP contribution < -0.4 is 10.1 Å². The van der Waals surface area contributed by atoms with Crippen molar-refractivity contribution in [3.8, 4) is 5.75 Å². The first-order chi connectivity index (χ1) is 7.92. The fourth-order valence-electron chi connectivity index (χ4n) is 2.12. The van der Waals surface area contributed by atoms with E-state index < -0.39 is 0 Å². The Bertz CT molecular complexity index is 374. The Morgan fingerprint density at radius 1 is 1.38 bits per heavy atom. The maximum absolute atomic E-state index is 5.71. The van der Waals surface area contributed by atoms with E-state index in [1.54, 1.807) is 0 Å². The van der Waals surface area contributed by atoms with Crippen molar-refractivity contribution in [1.82, 2.24) is 5.32 Å². The first-order valence-corrected chi connectivity index (χ1v) is 5.99. The topological polar surface area (TPSA) is 30.5 Å². The number of rotatable bonds is 4. The summed E-state index contributed by atoms with van der Waals surface area (Å²) in [7, 11) is 0. The van der Waals surface area contributed by atoms with E-state index in [-0.39, 0.29) is 0 Å². The largest absolute Gasteiger partial charge is 0.493 e. The summed E-state index contributed by atoms with van der Waals surface area (Å²) in [6, 6.07) is 6.49. The summed E-state index contributed by atoms with van der Waals surface area (Å²) in [5, 5.41) is 3.20. The lowest BCUT2D eigenvalue weighted by molar-refractivity contribution is 0.0208. The molecule has 3 heteroatoms. The molecule has 86 valence electrons. The number of fused-ring (bicyclic) bond motifs is 1. The predicted molar refractivity (Wildman–Crippen MR) is 62.0 cm³/mol. The maximum atomic E-state index is 5.71. The number of ether oxygens (including phenoxy) is 2. The summed E-state index contributed by atoms with van der Waals surface area (Å²) in [4.78, 5) is 0. The number of nitrogens with one attached hydrogen (secondary N) is 1.